The van der Waals surface area contributed by atoms with Crippen LogP contribution in [0.5, 0.6) is 5.75 Å². The van der Waals surface area contributed by atoms with Crippen molar-refractivity contribution >= 4 is 5.69 Å². The first-order valence-corrected chi connectivity index (χ1v) is 8.34. The highest BCUT2D eigenvalue weighted by Crippen LogP contribution is 2.34. The van der Waals surface area contributed by atoms with Crippen molar-refractivity contribution in [2.45, 2.75) is 51.9 Å². The Labute approximate surface area is 122 Å². The van der Waals surface area contributed by atoms with Gasteiger partial charge in [-0.05, 0) is 55.4 Å². The van der Waals surface area contributed by atoms with E-state index in [-0.39, 0.29) is 0 Å². The van der Waals surface area contributed by atoms with E-state index in [9.17, 15) is 0 Å². The molecule has 2 heteroatoms. The van der Waals surface area contributed by atoms with Crippen molar-refractivity contribution in [3.8, 4) is 5.75 Å². The van der Waals surface area contributed by atoms with Crippen molar-refractivity contribution in [3.63, 3.8) is 0 Å². The van der Waals surface area contributed by atoms with Crippen LogP contribution in [-0.2, 0) is 6.42 Å². The summed E-state index contributed by atoms with van der Waals surface area (Å²) >= 11 is 0. The van der Waals surface area contributed by atoms with Gasteiger partial charge in [-0.1, -0.05) is 32.1 Å². The standard InChI is InChI=1S/C18H27NO/c1-2-20-17-8-9-18-16(12-17)11-15(13-19-18)10-14-6-4-3-5-7-14/h8-9,12,14-15,19H,2-7,10-11,13H2,1H3. The van der Waals surface area contributed by atoms with Crippen LogP contribution in [0, 0.1) is 11.8 Å². The summed E-state index contributed by atoms with van der Waals surface area (Å²) in [4.78, 5) is 0. The van der Waals surface area contributed by atoms with Gasteiger partial charge in [0.2, 0.25) is 0 Å². The van der Waals surface area contributed by atoms with Gasteiger partial charge in [-0.25, -0.2) is 0 Å². The molecule has 1 N–H and O–H groups in total. The Morgan fingerprint density at radius 1 is 1.15 bits per heavy atom. The normalized spacial score (nSPS) is 22.9. The quantitative estimate of drug-likeness (QED) is 0.863. The summed E-state index contributed by atoms with van der Waals surface area (Å²) in [6, 6.07) is 6.49. The van der Waals surface area contributed by atoms with E-state index in [1.165, 1.54) is 56.2 Å². The average Bonchev–Trinajstić information content (AvgIpc) is 2.48. The van der Waals surface area contributed by atoms with Crippen LogP contribution in [-0.4, -0.2) is 13.2 Å². The van der Waals surface area contributed by atoms with Gasteiger partial charge in [0, 0.05) is 12.2 Å². The van der Waals surface area contributed by atoms with E-state index in [1.54, 1.807) is 0 Å². The molecule has 2 aliphatic rings. The SMILES string of the molecule is CCOc1ccc2c(c1)CC(CC1CCCCC1)CN2. The third kappa shape index (κ3) is 3.28. The van der Waals surface area contributed by atoms with E-state index in [4.69, 9.17) is 4.74 Å². The highest BCUT2D eigenvalue weighted by molar-refractivity contribution is 5.56. The molecule has 0 bridgehead atoms. The van der Waals surface area contributed by atoms with Gasteiger partial charge in [0.15, 0.2) is 0 Å². The fourth-order valence-electron chi connectivity index (χ4n) is 3.87. The Bertz CT molecular complexity index is 437. The van der Waals surface area contributed by atoms with Gasteiger partial charge in [0.05, 0.1) is 6.61 Å². The number of hydrogen-bond acceptors (Lipinski definition) is 2. The van der Waals surface area contributed by atoms with Crippen molar-refractivity contribution in [1.29, 1.82) is 0 Å². The van der Waals surface area contributed by atoms with E-state index in [0.717, 1.165) is 30.7 Å². The zero-order chi connectivity index (χ0) is 13.8. The van der Waals surface area contributed by atoms with Crippen LogP contribution >= 0.6 is 0 Å². The summed E-state index contributed by atoms with van der Waals surface area (Å²) in [6.45, 7) is 3.94. The molecule has 1 aromatic carbocycles. The lowest BCUT2D eigenvalue weighted by Crippen LogP contribution is -2.26. The Hall–Kier alpha value is -1.18. The lowest BCUT2D eigenvalue weighted by Gasteiger charge is -2.31. The highest BCUT2D eigenvalue weighted by Gasteiger charge is 2.23. The number of rotatable bonds is 4. The highest BCUT2D eigenvalue weighted by atomic mass is 16.5. The molecule has 1 atom stereocenters. The molecule has 1 unspecified atom stereocenters. The Morgan fingerprint density at radius 3 is 2.80 bits per heavy atom. The minimum atomic E-state index is 0.748. The lowest BCUT2D eigenvalue weighted by molar-refractivity contribution is 0.289. The number of benzene rings is 1. The zero-order valence-corrected chi connectivity index (χ0v) is 12.7. The van der Waals surface area contributed by atoms with Crippen LogP contribution in [0.4, 0.5) is 5.69 Å². The fraction of sp³-hybridized carbons (Fsp3) is 0.667. The molecule has 3 rings (SSSR count). The first-order chi connectivity index (χ1) is 9.85. The number of hydrogen-bond donors (Lipinski definition) is 1. The molecule has 2 nitrogen and oxygen atoms in total. The van der Waals surface area contributed by atoms with E-state index in [0.29, 0.717) is 0 Å². The molecule has 20 heavy (non-hydrogen) atoms. The molecular weight excluding hydrogens is 246 g/mol. The van der Waals surface area contributed by atoms with E-state index in [2.05, 4.69) is 23.5 Å². The summed E-state index contributed by atoms with van der Waals surface area (Å²) in [5.41, 5.74) is 2.76. The van der Waals surface area contributed by atoms with E-state index >= 15 is 0 Å². The number of ether oxygens (including phenoxy) is 1. The van der Waals surface area contributed by atoms with Gasteiger partial charge in [-0.2, -0.15) is 0 Å². The number of anilines is 1. The molecule has 110 valence electrons. The first kappa shape index (κ1) is 13.8. The molecule has 1 fully saturated rings. The van der Waals surface area contributed by atoms with Crippen molar-refractivity contribution < 1.29 is 4.74 Å². The monoisotopic (exact) mass is 273 g/mol. The third-order valence-electron chi connectivity index (χ3n) is 4.87. The van der Waals surface area contributed by atoms with Crippen molar-refractivity contribution in [2.24, 2.45) is 11.8 Å². The van der Waals surface area contributed by atoms with Crippen LogP contribution in [0.15, 0.2) is 18.2 Å². The van der Waals surface area contributed by atoms with Gasteiger partial charge < -0.3 is 10.1 Å². The second kappa shape index (κ2) is 6.51. The maximum absolute atomic E-state index is 5.63. The maximum atomic E-state index is 5.63. The molecule has 0 aromatic heterocycles. The summed E-state index contributed by atoms with van der Waals surface area (Å²) in [5.74, 6) is 2.81. The topological polar surface area (TPSA) is 21.3 Å². The summed E-state index contributed by atoms with van der Waals surface area (Å²) < 4.78 is 5.63. The summed E-state index contributed by atoms with van der Waals surface area (Å²) in [7, 11) is 0. The Balaban J connectivity index is 1.62. The van der Waals surface area contributed by atoms with Crippen molar-refractivity contribution in [1.82, 2.24) is 0 Å². The van der Waals surface area contributed by atoms with Gasteiger partial charge >= 0.3 is 0 Å². The van der Waals surface area contributed by atoms with Crippen LogP contribution in [0.2, 0.25) is 0 Å². The molecule has 1 saturated carbocycles. The second-order valence-corrected chi connectivity index (χ2v) is 6.44. The second-order valence-electron chi connectivity index (χ2n) is 6.44. The predicted molar refractivity (Wildman–Crippen MR) is 84.5 cm³/mol. The molecule has 0 radical (unpaired) electrons. The van der Waals surface area contributed by atoms with E-state index in [1.807, 2.05) is 6.92 Å². The lowest BCUT2D eigenvalue weighted by atomic mass is 9.80. The van der Waals surface area contributed by atoms with Crippen LogP contribution < -0.4 is 10.1 Å². The fourth-order valence-corrected chi connectivity index (χ4v) is 3.87. The minimum absolute atomic E-state index is 0.748. The van der Waals surface area contributed by atoms with Crippen LogP contribution in [0.25, 0.3) is 0 Å². The van der Waals surface area contributed by atoms with Gasteiger partial charge in [0.1, 0.15) is 5.75 Å². The van der Waals surface area contributed by atoms with Crippen LogP contribution in [0.1, 0.15) is 51.0 Å². The Morgan fingerprint density at radius 2 is 2.00 bits per heavy atom. The molecule has 0 spiro atoms. The third-order valence-corrected chi connectivity index (χ3v) is 4.87. The van der Waals surface area contributed by atoms with E-state index < -0.39 is 0 Å². The molecular formula is C18H27NO. The average molecular weight is 273 g/mol. The molecule has 0 saturated heterocycles. The zero-order valence-electron chi connectivity index (χ0n) is 12.7. The largest absolute Gasteiger partial charge is 0.494 e. The molecule has 1 aliphatic heterocycles. The molecule has 0 amide bonds. The summed E-state index contributed by atoms with van der Waals surface area (Å²) in [6.07, 6.45) is 9.92. The minimum Gasteiger partial charge on any atom is -0.494 e. The number of nitrogens with one attached hydrogen (secondary N) is 1. The van der Waals surface area contributed by atoms with Gasteiger partial charge in [-0.15, -0.1) is 0 Å². The number of fused-ring (bicyclic) bond motifs is 1. The first-order valence-electron chi connectivity index (χ1n) is 8.34. The molecule has 1 aromatic rings. The Kier molecular flexibility index (Phi) is 4.49. The van der Waals surface area contributed by atoms with Crippen LogP contribution in [0.3, 0.4) is 0 Å². The van der Waals surface area contributed by atoms with Crippen molar-refractivity contribution in [3.05, 3.63) is 23.8 Å². The molecule has 1 heterocycles. The summed E-state index contributed by atoms with van der Waals surface area (Å²) in [5, 5.41) is 3.62. The van der Waals surface area contributed by atoms with Gasteiger partial charge in [-0.3, -0.25) is 0 Å². The smallest absolute Gasteiger partial charge is 0.119 e. The predicted octanol–water partition coefficient (Wildman–Crippen LogP) is 4.64. The maximum Gasteiger partial charge on any atom is 0.119 e. The molecule has 1 aliphatic carbocycles. The van der Waals surface area contributed by atoms with Gasteiger partial charge in [0.25, 0.3) is 0 Å². The van der Waals surface area contributed by atoms with Crippen molar-refractivity contribution in [2.75, 3.05) is 18.5 Å².